The van der Waals surface area contributed by atoms with Gasteiger partial charge < -0.3 is 15.7 Å². The third-order valence-corrected chi connectivity index (χ3v) is 3.98. The van der Waals surface area contributed by atoms with Crippen LogP contribution in [0.3, 0.4) is 0 Å². The molecular weight excluding hydrogens is 329 g/mol. The highest BCUT2D eigenvalue weighted by molar-refractivity contribution is 14.0. The van der Waals surface area contributed by atoms with Crippen LogP contribution < -0.4 is 5.73 Å². The smallest absolute Gasteiger partial charge is 0.191 e. The molecule has 5 heteroatoms. The second-order valence-electron chi connectivity index (χ2n) is 5.50. The van der Waals surface area contributed by atoms with Crippen LogP contribution in [-0.4, -0.2) is 42.2 Å². The van der Waals surface area contributed by atoms with Crippen molar-refractivity contribution >= 4 is 29.9 Å². The molecule has 100 valence electrons. The highest BCUT2D eigenvalue weighted by Gasteiger charge is 2.41. The van der Waals surface area contributed by atoms with Crippen molar-refractivity contribution in [3.63, 3.8) is 0 Å². The lowest BCUT2D eigenvalue weighted by Gasteiger charge is -2.31. The van der Waals surface area contributed by atoms with Crippen molar-refractivity contribution in [1.29, 1.82) is 0 Å². The first kappa shape index (κ1) is 15.0. The molecule has 0 aromatic heterocycles. The van der Waals surface area contributed by atoms with Crippen LogP contribution in [0.25, 0.3) is 0 Å². The van der Waals surface area contributed by atoms with E-state index in [1.807, 2.05) is 0 Å². The lowest BCUT2D eigenvalue weighted by Crippen LogP contribution is -2.42. The quantitative estimate of drug-likeness (QED) is 0.458. The molecular formula is C12H24IN3O. The van der Waals surface area contributed by atoms with Gasteiger partial charge in [0.1, 0.15) is 0 Å². The van der Waals surface area contributed by atoms with Gasteiger partial charge in [-0.25, -0.2) is 0 Å². The normalized spacial score (nSPS) is 24.4. The van der Waals surface area contributed by atoms with Crippen molar-refractivity contribution < 1.29 is 5.11 Å². The molecule has 0 radical (unpaired) electrons. The molecule has 1 aliphatic heterocycles. The van der Waals surface area contributed by atoms with Crippen LogP contribution in [0.5, 0.6) is 0 Å². The fourth-order valence-electron chi connectivity index (χ4n) is 2.13. The molecule has 0 unspecified atom stereocenters. The van der Waals surface area contributed by atoms with Crippen LogP contribution in [0.1, 0.15) is 32.6 Å². The molecule has 0 aromatic carbocycles. The van der Waals surface area contributed by atoms with Crippen molar-refractivity contribution in [3.05, 3.63) is 0 Å². The molecule has 1 heterocycles. The zero-order valence-corrected chi connectivity index (χ0v) is 12.9. The van der Waals surface area contributed by atoms with Crippen LogP contribution >= 0.6 is 24.0 Å². The van der Waals surface area contributed by atoms with E-state index in [2.05, 4.69) is 16.8 Å². The number of hydrogen-bond donors (Lipinski definition) is 2. The Morgan fingerprint density at radius 1 is 1.41 bits per heavy atom. The highest BCUT2D eigenvalue weighted by Crippen LogP contribution is 2.45. The first-order chi connectivity index (χ1) is 7.65. The van der Waals surface area contributed by atoms with Gasteiger partial charge in [-0.1, -0.05) is 6.92 Å². The van der Waals surface area contributed by atoms with Gasteiger partial charge in [-0.2, -0.15) is 0 Å². The molecule has 0 atom stereocenters. The maximum atomic E-state index is 9.19. The summed E-state index contributed by atoms with van der Waals surface area (Å²) in [6.45, 7) is 5.29. The van der Waals surface area contributed by atoms with Gasteiger partial charge in [0.2, 0.25) is 0 Å². The Kier molecular flexibility index (Phi) is 5.50. The van der Waals surface area contributed by atoms with E-state index in [0.717, 1.165) is 31.8 Å². The van der Waals surface area contributed by atoms with Crippen LogP contribution in [0, 0.1) is 11.3 Å². The Morgan fingerprint density at radius 2 is 2.00 bits per heavy atom. The molecule has 0 amide bonds. The average Bonchev–Trinajstić information content (AvgIpc) is 3.08. The van der Waals surface area contributed by atoms with Crippen LogP contribution in [0.15, 0.2) is 4.99 Å². The molecule has 0 spiro atoms. The summed E-state index contributed by atoms with van der Waals surface area (Å²) in [4.78, 5) is 6.61. The second kappa shape index (κ2) is 6.22. The summed E-state index contributed by atoms with van der Waals surface area (Å²) in [6.07, 6.45) is 4.61. The van der Waals surface area contributed by atoms with Crippen molar-refractivity contribution in [2.24, 2.45) is 22.1 Å². The molecule has 3 N–H and O–H groups in total. The standard InChI is InChI=1S/C12H23N3O.HI/c1-10-2-6-15(7-3-10)11(13)14-8-12(9-16)4-5-12;/h10,16H,2-9H2,1H3,(H2,13,14);1H. The number of piperidine rings is 1. The highest BCUT2D eigenvalue weighted by atomic mass is 127. The first-order valence-electron chi connectivity index (χ1n) is 6.31. The van der Waals surface area contributed by atoms with E-state index in [-0.39, 0.29) is 36.0 Å². The number of nitrogens with zero attached hydrogens (tertiary/aromatic N) is 2. The number of halogens is 1. The van der Waals surface area contributed by atoms with Gasteiger partial charge in [0.15, 0.2) is 5.96 Å². The van der Waals surface area contributed by atoms with Crippen molar-refractivity contribution in [2.45, 2.75) is 32.6 Å². The Labute approximate surface area is 121 Å². The summed E-state index contributed by atoms with van der Waals surface area (Å²) in [5.41, 5.74) is 6.05. The minimum atomic E-state index is 0. The van der Waals surface area contributed by atoms with E-state index >= 15 is 0 Å². The van der Waals surface area contributed by atoms with Gasteiger partial charge in [0.05, 0.1) is 13.2 Å². The molecule has 1 saturated heterocycles. The maximum Gasteiger partial charge on any atom is 0.191 e. The predicted molar refractivity (Wildman–Crippen MR) is 80.6 cm³/mol. The molecule has 1 aliphatic carbocycles. The SMILES string of the molecule is CC1CCN(C(N)=NCC2(CO)CC2)CC1.I. The molecule has 2 fully saturated rings. The fraction of sp³-hybridized carbons (Fsp3) is 0.917. The number of aliphatic hydroxyl groups excluding tert-OH is 1. The van der Waals surface area contributed by atoms with Gasteiger partial charge >= 0.3 is 0 Å². The zero-order chi connectivity index (χ0) is 11.6. The van der Waals surface area contributed by atoms with Crippen molar-refractivity contribution in [2.75, 3.05) is 26.2 Å². The summed E-state index contributed by atoms with van der Waals surface area (Å²) in [7, 11) is 0. The minimum Gasteiger partial charge on any atom is -0.396 e. The Morgan fingerprint density at radius 3 is 2.47 bits per heavy atom. The third-order valence-electron chi connectivity index (χ3n) is 3.98. The van der Waals surface area contributed by atoms with Crippen molar-refractivity contribution in [1.82, 2.24) is 4.90 Å². The van der Waals surface area contributed by atoms with Gasteiger partial charge in [-0.3, -0.25) is 4.99 Å². The maximum absolute atomic E-state index is 9.19. The van der Waals surface area contributed by atoms with Crippen molar-refractivity contribution in [3.8, 4) is 0 Å². The minimum absolute atomic E-state index is 0. The topological polar surface area (TPSA) is 61.8 Å². The van der Waals surface area contributed by atoms with E-state index in [1.165, 1.54) is 12.8 Å². The van der Waals surface area contributed by atoms with E-state index in [9.17, 15) is 5.11 Å². The van der Waals surface area contributed by atoms with Crippen LogP contribution in [0.4, 0.5) is 0 Å². The van der Waals surface area contributed by atoms with Gasteiger partial charge in [-0.15, -0.1) is 24.0 Å². The molecule has 1 saturated carbocycles. The predicted octanol–water partition coefficient (Wildman–Crippen LogP) is 1.42. The number of nitrogens with two attached hydrogens (primary N) is 1. The van der Waals surface area contributed by atoms with E-state index in [4.69, 9.17) is 5.73 Å². The summed E-state index contributed by atoms with van der Waals surface area (Å²) in [5, 5.41) is 9.19. The largest absolute Gasteiger partial charge is 0.396 e. The number of guanidine groups is 1. The van der Waals surface area contributed by atoms with E-state index in [1.54, 1.807) is 0 Å². The Hall–Kier alpha value is -0.0400. The molecule has 2 aliphatic rings. The summed E-state index contributed by atoms with van der Waals surface area (Å²) >= 11 is 0. The molecule has 2 rings (SSSR count). The number of rotatable bonds is 3. The van der Waals surface area contributed by atoms with Crippen LogP contribution in [-0.2, 0) is 0 Å². The molecule has 17 heavy (non-hydrogen) atoms. The summed E-state index contributed by atoms with van der Waals surface area (Å²) in [5.74, 6) is 1.49. The number of likely N-dealkylation sites (tertiary alicyclic amines) is 1. The van der Waals surface area contributed by atoms with Gasteiger partial charge in [0, 0.05) is 18.5 Å². The van der Waals surface area contributed by atoms with E-state index in [0.29, 0.717) is 12.5 Å². The van der Waals surface area contributed by atoms with Gasteiger partial charge in [0.25, 0.3) is 0 Å². The number of aliphatic hydroxyl groups is 1. The molecule has 4 nitrogen and oxygen atoms in total. The lowest BCUT2D eigenvalue weighted by molar-refractivity contribution is 0.216. The molecule has 0 aromatic rings. The third kappa shape index (κ3) is 3.98. The summed E-state index contributed by atoms with van der Waals surface area (Å²) in [6, 6.07) is 0. The Balaban J connectivity index is 0.00000144. The fourth-order valence-corrected chi connectivity index (χ4v) is 2.13. The summed E-state index contributed by atoms with van der Waals surface area (Å²) < 4.78 is 0. The number of hydrogen-bond acceptors (Lipinski definition) is 2. The molecule has 0 bridgehead atoms. The van der Waals surface area contributed by atoms with E-state index < -0.39 is 0 Å². The Bertz CT molecular complexity index is 271. The second-order valence-corrected chi connectivity index (χ2v) is 5.50. The first-order valence-corrected chi connectivity index (χ1v) is 6.31. The number of aliphatic imine (C=N–C) groups is 1. The lowest BCUT2D eigenvalue weighted by atomic mass is 10.00. The average molecular weight is 353 g/mol. The monoisotopic (exact) mass is 353 g/mol. The van der Waals surface area contributed by atoms with Gasteiger partial charge in [-0.05, 0) is 31.6 Å². The zero-order valence-electron chi connectivity index (χ0n) is 10.6. The van der Waals surface area contributed by atoms with Crippen LogP contribution in [0.2, 0.25) is 0 Å².